The zero-order valence-corrected chi connectivity index (χ0v) is 12.7. The molecule has 3 nitrogen and oxygen atoms in total. The Morgan fingerprint density at radius 2 is 1.91 bits per heavy atom. The summed E-state index contributed by atoms with van der Waals surface area (Å²) in [5.74, 6) is -0.804. The van der Waals surface area contributed by atoms with Crippen molar-refractivity contribution in [1.82, 2.24) is 0 Å². The predicted octanol–water partition coefficient (Wildman–Crippen LogP) is 4.33. The van der Waals surface area contributed by atoms with E-state index in [0.29, 0.717) is 5.69 Å². The van der Waals surface area contributed by atoms with E-state index in [2.05, 4.69) is 10.2 Å². The smallest absolute Gasteiger partial charge is 0.257 e. The van der Waals surface area contributed by atoms with Crippen LogP contribution in [0.3, 0.4) is 0 Å². The molecule has 1 fully saturated rings. The lowest BCUT2D eigenvalue weighted by molar-refractivity contribution is 0.102. The predicted molar refractivity (Wildman–Crippen MR) is 87.3 cm³/mol. The second kappa shape index (κ2) is 6.36. The van der Waals surface area contributed by atoms with E-state index in [4.69, 9.17) is 11.6 Å². The largest absolute Gasteiger partial charge is 0.371 e. The summed E-state index contributed by atoms with van der Waals surface area (Å²) in [6.07, 6.45) is 2.39. The van der Waals surface area contributed by atoms with Crippen LogP contribution in [0.2, 0.25) is 5.02 Å². The van der Waals surface area contributed by atoms with Gasteiger partial charge in [0, 0.05) is 24.5 Å². The molecule has 0 aromatic heterocycles. The molecule has 22 heavy (non-hydrogen) atoms. The molecule has 1 saturated heterocycles. The Labute approximate surface area is 133 Å². The molecule has 1 N–H and O–H groups in total. The highest BCUT2D eigenvalue weighted by Crippen LogP contribution is 2.24. The molecule has 0 spiro atoms. The molecule has 0 saturated carbocycles. The molecule has 3 rings (SSSR count). The maximum absolute atomic E-state index is 13.0. The summed E-state index contributed by atoms with van der Waals surface area (Å²) >= 11 is 5.92. The van der Waals surface area contributed by atoms with Gasteiger partial charge in [0.25, 0.3) is 5.91 Å². The molecular formula is C17H16ClFN2O. The van der Waals surface area contributed by atoms with Crippen LogP contribution in [0.1, 0.15) is 23.2 Å². The molecule has 5 heteroatoms. The Morgan fingerprint density at radius 1 is 1.14 bits per heavy atom. The van der Waals surface area contributed by atoms with Crippen molar-refractivity contribution in [1.29, 1.82) is 0 Å². The number of hydrogen-bond donors (Lipinski definition) is 1. The average molecular weight is 319 g/mol. The van der Waals surface area contributed by atoms with Crippen molar-refractivity contribution >= 4 is 28.9 Å². The van der Waals surface area contributed by atoms with Crippen molar-refractivity contribution < 1.29 is 9.18 Å². The number of nitrogens with one attached hydrogen (secondary N) is 1. The molecule has 0 radical (unpaired) electrons. The quantitative estimate of drug-likeness (QED) is 0.913. The fraction of sp³-hybridized carbons (Fsp3) is 0.235. The topological polar surface area (TPSA) is 32.3 Å². The van der Waals surface area contributed by atoms with Crippen LogP contribution in [0.15, 0.2) is 42.5 Å². The van der Waals surface area contributed by atoms with Crippen LogP contribution >= 0.6 is 11.6 Å². The van der Waals surface area contributed by atoms with E-state index in [-0.39, 0.29) is 16.5 Å². The van der Waals surface area contributed by atoms with Gasteiger partial charge in [-0.15, -0.1) is 0 Å². The van der Waals surface area contributed by atoms with Gasteiger partial charge in [0.1, 0.15) is 5.82 Å². The van der Waals surface area contributed by atoms with E-state index < -0.39 is 5.82 Å². The lowest BCUT2D eigenvalue weighted by Gasteiger charge is -2.18. The number of halogens is 2. The molecule has 0 aliphatic carbocycles. The number of amides is 1. The molecule has 0 bridgehead atoms. The van der Waals surface area contributed by atoms with Crippen LogP contribution in [-0.4, -0.2) is 19.0 Å². The first-order valence-electron chi connectivity index (χ1n) is 7.25. The fourth-order valence-electron chi connectivity index (χ4n) is 2.63. The van der Waals surface area contributed by atoms with Crippen LogP contribution in [0.5, 0.6) is 0 Å². The molecule has 114 valence electrons. The summed E-state index contributed by atoms with van der Waals surface area (Å²) in [6, 6.07) is 11.5. The van der Waals surface area contributed by atoms with E-state index in [1.165, 1.54) is 25.0 Å². The van der Waals surface area contributed by atoms with E-state index in [9.17, 15) is 9.18 Å². The summed E-state index contributed by atoms with van der Waals surface area (Å²) in [4.78, 5) is 14.5. The van der Waals surface area contributed by atoms with E-state index >= 15 is 0 Å². The third-order valence-corrected chi connectivity index (χ3v) is 4.06. The Kier molecular flexibility index (Phi) is 4.29. The number of nitrogens with zero attached hydrogens (tertiary/aromatic N) is 1. The monoisotopic (exact) mass is 318 g/mol. The van der Waals surface area contributed by atoms with Crippen molar-refractivity contribution in [3.8, 4) is 0 Å². The van der Waals surface area contributed by atoms with Gasteiger partial charge in [0.2, 0.25) is 0 Å². The summed E-state index contributed by atoms with van der Waals surface area (Å²) in [7, 11) is 0. The molecular weight excluding hydrogens is 303 g/mol. The Hall–Kier alpha value is -2.07. The third-order valence-electron chi connectivity index (χ3n) is 3.75. The SMILES string of the molecule is O=C(Nc1cccc(N2CCCC2)c1)c1ccc(F)cc1Cl. The maximum atomic E-state index is 13.0. The van der Waals surface area contributed by atoms with Crippen LogP contribution < -0.4 is 10.2 Å². The van der Waals surface area contributed by atoms with Gasteiger partial charge in [-0.2, -0.15) is 0 Å². The molecule has 1 heterocycles. The van der Waals surface area contributed by atoms with Crippen molar-refractivity contribution in [3.05, 3.63) is 58.9 Å². The Balaban J connectivity index is 1.77. The first-order chi connectivity index (χ1) is 10.6. The van der Waals surface area contributed by atoms with E-state index in [1.807, 2.05) is 24.3 Å². The second-order valence-corrected chi connectivity index (χ2v) is 5.73. The average Bonchev–Trinajstić information content (AvgIpc) is 3.01. The van der Waals surface area contributed by atoms with Gasteiger partial charge in [0.15, 0.2) is 0 Å². The first-order valence-corrected chi connectivity index (χ1v) is 7.63. The minimum Gasteiger partial charge on any atom is -0.371 e. The highest BCUT2D eigenvalue weighted by molar-refractivity contribution is 6.34. The minimum atomic E-state index is -0.461. The van der Waals surface area contributed by atoms with Crippen LogP contribution in [0, 0.1) is 5.82 Å². The fourth-order valence-corrected chi connectivity index (χ4v) is 2.88. The summed E-state index contributed by atoms with van der Waals surface area (Å²) in [6.45, 7) is 2.09. The van der Waals surface area contributed by atoms with E-state index in [1.54, 1.807) is 0 Å². The summed E-state index contributed by atoms with van der Waals surface area (Å²) < 4.78 is 13.0. The third kappa shape index (κ3) is 3.22. The van der Waals surface area contributed by atoms with Crippen LogP contribution in [0.4, 0.5) is 15.8 Å². The molecule has 2 aromatic carbocycles. The number of rotatable bonds is 3. The number of carbonyl (C=O) groups excluding carboxylic acids is 1. The second-order valence-electron chi connectivity index (χ2n) is 5.32. The van der Waals surface area contributed by atoms with Gasteiger partial charge in [-0.25, -0.2) is 4.39 Å². The van der Waals surface area contributed by atoms with Gasteiger partial charge in [-0.1, -0.05) is 17.7 Å². The molecule has 1 aliphatic heterocycles. The Morgan fingerprint density at radius 3 is 2.64 bits per heavy atom. The normalized spacial score (nSPS) is 14.2. The minimum absolute atomic E-state index is 0.105. The highest BCUT2D eigenvalue weighted by Gasteiger charge is 2.14. The van der Waals surface area contributed by atoms with E-state index in [0.717, 1.165) is 24.8 Å². The molecule has 1 amide bonds. The zero-order valence-electron chi connectivity index (χ0n) is 12.0. The number of benzene rings is 2. The standard InChI is InChI=1S/C17H16ClFN2O/c18-16-10-12(19)6-7-15(16)17(22)20-13-4-3-5-14(11-13)21-8-1-2-9-21/h3-7,10-11H,1-2,8-9H2,(H,20,22). The lowest BCUT2D eigenvalue weighted by Crippen LogP contribution is -2.18. The molecule has 0 atom stereocenters. The van der Waals surface area contributed by atoms with Crippen LogP contribution in [0.25, 0.3) is 0 Å². The van der Waals surface area contributed by atoms with Crippen molar-refractivity contribution in [2.24, 2.45) is 0 Å². The maximum Gasteiger partial charge on any atom is 0.257 e. The summed E-state index contributed by atoms with van der Waals surface area (Å²) in [5.41, 5.74) is 2.06. The van der Waals surface area contributed by atoms with Crippen molar-refractivity contribution in [3.63, 3.8) is 0 Å². The lowest BCUT2D eigenvalue weighted by atomic mass is 10.2. The zero-order chi connectivity index (χ0) is 15.5. The number of carbonyl (C=O) groups is 1. The number of anilines is 2. The van der Waals surface area contributed by atoms with Crippen LogP contribution in [-0.2, 0) is 0 Å². The number of hydrogen-bond acceptors (Lipinski definition) is 2. The van der Waals surface area contributed by atoms with Crippen molar-refractivity contribution in [2.75, 3.05) is 23.3 Å². The van der Waals surface area contributed by atoms with Crippen molar-refractivity contribution in [2.45, 2.75) is 12.8 Å². The Bertz CT molecular complexity index is 699. The van der Waals surface area contributed by atoms with Gasteiger partial charge in [-0.05, 0) is 49.2 Å². The molecule has 0 unspecified atom stereocenters. The first kappa shape index (κ1) is 14.9. The van der Waals surface area contributed by atoms with Gasteiger partial charge < -0.3 is 10.2 Å². The molecule has 1 aliphatic rings. The summed E-state index contributed by atoms with van der Waals surface area (Å²) in [5, 5.41) is 2.91. The molecule has 2 aromatic rings. The van der Waals surface area contributed by atoms with Gasteiger partial charge in [0.05, 0.1) is 10.6 Å². The highest BCUT2D eigenvalue weighted by atomic mass is 35.5. The van der Waals surface area contributed by atoms with Gasteiger partial charge in [-0.3, -0.25) is 4.79 Å². The van der Waals surface area contributed by atoms with Gasteiger partial charge >= 0.3 is 0 Å².